The third-order valence-electron chi connectivity index (χ3n) is 4.76. The molecule has 1 atom stereocenters. The Kier molecular flexibility index (Phi) is 9.23. The molecule has 186 valence electrons. The first-order valence-electron chi connectivity index (χ1n) is 11.3. The summed E-state index contributed by atoms with van der Waals surface area (Å²) in [7, 11) is -3.75. The fourth-order valence-corrected chi connectivity index (χ4v) is 4.70. The van der Waals surface area contributed by atoms with Crippen LogP contribution in [0.5, 0.6) is 0 Å². The van der Waals surface area contributed by atoms with Crippen LogP contribution in [0.15, 0.2) is 53.4 Å². The average molecular weight is 489 g/mol. The molecule has 3 amide bonds. The van der Waals surface area contributed by atoms with Gasteiger partial charge in [-0.15, -0.1) is 0 Å². The lowest BCUT2D eigenvalue weighted by Crippen LogP contribution is -2.48. The van der Waals surface area contributed by atoms with E-state index in [1.165, 1.54) is 12.1 Å². The monoisotopic (exact) mass is 488 g/mol. The Labute approximate surface area is 203 Å². The summed E-state index contributed by atoms with van der Waals surface area (Å²) in [6.07, 6.45) is 0.424. The quantitative estimate of drug-likeness (QED) is 0.428. The van der Waals surface area contributed by atoms with Gasteiger partial charge in [-0.2, -0.15) is 0 Å². The minimum atomic E-state index is -3.75. The maximum absolute atomic E-state index is 13.0. The van der Waals surface area contributed by atoms with Gasteiger partial charge in [0.1, 0.15) is 6.04 Å². The molecule has 0 saturated heterocycles. The van der Waals surface area contributed by atoms with Crippen molar-refractivity contribution in [3.05, 3.63) is 59.7 Å². The highest BCUT2D eigenvalue weighted by Gasteiger charge is 2.24. The fourth-order valence-electron chi connectivity index (χ4n) is 3.23. The molecule has 4 N–H and O–H groups in total. The molecule has 0 aliphatic rings. The van der Waals surface area contributed by atoms with E-state index < -0.39 is 33.5 Å². The van der Waals surface area contributed by atoms with E-state index in [-0.39, 0.29) is 10.8 Å². The standard InChI is InChI=1S/C25H36N4O4S/c1-17(2)14-22(28-24(31)26-16-19-12-10-18(3)11-13-19)23(30)27-20-8-7-9-21(15-20)34(32,33)29-25(4,5)6/h7-13,15,17,22,29H,14,16H2,1-6H3,(H,27,30)(H2,26,28,31)/t22-/m0/s1. The Morgan fingerprint density at radius 3 is 2.24 bits per heavy atom. The largest absolute Gasteiger partial charge is 0.334 e. The van der Waals surface area contributed by atoms with Gasteiger partial charge in [0.25, 0.3) is 0 Å². The van der Waals surface area contributed by atoms with Crippen molar-refractivity contribution in [3.8, 4) is 0 Å². The summed E-state index contributed by atoms with van der Waals surface area (Å²) < 4.78 is 27.9. The molecule has 0 heterocycles. The van der Waals surface area contributed by atoms with Gasteiger partial charge in [0.05, 0.1) is 4.90 Å². The van der Waals surface area contributed by atoms with Gasteiger partial charge < -0.3 is 16.0 Å². The SMILES string of the molecule is Cc1ccc(CNC(=O)N[C@@H](CC(C)C)C(=O)Nc2cccc(S(=O)(=O)NC(C)(C)C)c2)cc1. The van der Waals surface area contributed by atoms with E-state index in [2.05, 4.69) is 20.7 Å². The highest BCUT2D eigenvalue weighted by atomic mass is 32.2. The van der Waals surface area contributed by atoms with Crippen molar-refractivity contribution in [3.63, 3.8) is 0 Å². The lowest BCUT2D eigenvalue weighted by Gasteiger charge is -2.22. The van der Waals surface area contributed by atoms with Crippen molar-refractivity contribution in [1.29, 1.82) is 0 Å². The second-order valence-electron chi connectivity index (χ2n) is 9.87. The second kappa shape index (κ2) is 11.5. The van der Waals surface area contributed by atoms with Crippen LogP contribution in [-0.2, 0) is 21.4 Å². The lowest BCUT2D eigenvalue weighted by atomic mass is 10.0. The van der Waals surface area contributed by atoms with Gasteiger partial charge in [0.2, 0.25) is 15.9 Å². The number of nitrogens with one attached hydrogen (secondary N) is 4. The number of hydrogen-bond donors (Lipinski definition) is 4. The van der Waals surface area contributed by atoms with E-state index in [1.807, 2.05) is 45.0 Å². The van der Waals surface area contributed by atoms with Gasteiger partial charge in [-0.3, -0.25) is 4.79 Å². The smallest absolute Gasteiger partial charge is 0.315 e. The van der Waals surface area contributed by atoms with Crippen molar-refractivity contribution in [1.82, 2.24) is 15.4 Å². The van der Waals surface area contributed by atoms with E-state index in [9.17, 15) is 18.0 Å². The molecule has 0 radical (unpaired) electrons. The molecule has 0 saturated carbocycles. The zero-order chi connectivity index (χ0) is 25.5. The highest BCUT2D eigenvalue weighted by Crippen LogP contribution is 2.18. The van der Waals surface area contributed by atoms with Crippen molar-refractivity contribution >= 4 is 27.6 Å². The molecular formula is C25H36N4O4S. The number of aryl methyl sites for hydroxylation is 1. The van der Waals surface area contributed by atoms with Gasteiger partial charge >= 0.3 is 6.03 Å². The first-order valence-corrected chi connectivity index (χ1v) is 12.8. The summed E-state index contributed by atoms with van der Waals surface area (Å²) in [4.78, 5) is 25.5. The minimum Gasteiger partial charge on any atom is -0.334 e. The van der Waals surface area contributed by atoms with Gasteiger partial charge in [0.15, 0.2) is 0 Å². The molecule has 0 unspecified atom stereocenters. The third kappa shape index (κ3) is 9.15. The summed E-state index contributed by atoms with van der Waals surface area (Å²) in [5.41, 5.74) is 1.77. The van der Waals surface area contributed by atoms with Gasteiger partial charge in [-0.25, -0.2) is 17.9 Å². The lowest BCUT2D eigenvalue weighted by molar-refractivity contribution is -0.118. The van der Waals surface area contributed by atoms with Crippen LogP contribution < -0.4 is 20.7 Å². The van der Waals surface area contributed by atoms with E-state index in [0.29, 0.717) is 18.7 Å². The first kappa shape index (κ1) is 27.3. The van der Waals surface area contributed by atoms with Crippen molar-refractivity contribution in [2.24, 2.45) is 5.92 Å². The number of carbonyl (C=O) groups is 2. The highest BCUT2D eigenvalue weighted by molar-refractivity contribution is 7.89. The van der Waals surface area contributed by atoms with Crippen LogP contribution in [-0.4, -0.2) is 31.9 Å². The Balaban J connectivity index is 2.07. The summed E-state index contributed by atoms with van der Waals surface area (Å²) in [5.74, 6) is -0.270. The number of rotatable bonds is 9. The Morgan fingerprint density at radius 1 is 1.00 bits per heavy atom. The number of hydrogen-bond acceptors (Lipinski definition) is 4. The number of urea groups is 1. The molecule has 0 aliphatic carbocycles. The van der Waals surface area contributed by atoms with Crippen LogP contribution >= 0.6 is 0 Å². The number of carbonyl (C=O) groups excluding carboxylic acids is 2. The van der Waals surface area contributed by atoms with Crippen LogP contribution in [0.3, 0.4) is 0 Å². The van der Waals surface area contributed by atoms with E-state index in [4.69, 9.17) is 0 Å². The summed E-state index contributed by atoms with van der Waals surface area (Å²) in [6.45, 7) is 11.5. The molecule has 0 spiro atoms. The summed E-state index contributed by atoms with van der Waals surface area (Å²) in [6, 6.07) is 12.6. The van der Waals surface area contributed by atoms with E-state index in [1.54, 1.807) is 32.9 Å². The molecule has 2 aromatic rings. The number of anilines is 1. The van der Waals surface area contributed by atoms with Crippen LogP contribution in [0, 0.1) is 12.8 Å². The molecule has 34 heavy (non-hydrogen) atoms. The summed E-state index contributed by atoms with van der Waals surface area (Å²) >= 11 is 0. The van der Waals surface area contributed by atoms with Gasteiger partial charge in [-0.05, 0) is 63.8 Å². The molecule has 0 bridgehead atoms. The Hall–Kier alpha value is -2.91. The topological polar surface area (TPSA) is 116 Å². The molecule has 9 heteroatoms. The van der Waals surface area contributed by atoms with Gasteiger partial charge in [0, 0.05) is 17.8 Å². The predicted octanol–water partition coefficient (Wildman–Crippen LogP) is 3.92. The molecular weight excluding hydrogens is 452 g/mol. The van der Waals surface area contributed by atoms with E-state index in [0.717, 1.165) is 11.1 Å². The predicted molar refractivity (Wildman–Crippen MR) is 135 cm³/mol. The Morgan fingerprint density at radius 2 is 1.65 bits per heavy atom. The van der Waals surface area contributed by atoms with Crippen molar-refractivity contribution in [2.45, 2.75) is 71.0 Å². The Bertz CT molecular complexity index is 1090. The normalized spacial score (nSPS) is 12.8. The third-order valence-corrected chi connectivity index (χ3v) is 6.51. The molecule has 0 aliphatic heterocycles. The number of amides is 3. The van der Waals surface area contributed by atoms with E-state index >= 15 is 0 Å². The molecule has 0 aromatic heterocycles. The fraction of sp³-hybridized carbons (Fsp3) is 0.440. The average Bonchev–Trinajstić information content (AvgIpc) is 2.71. The number of sulfonamides is 1. The zero-order valence-corrected chi connectivity index (χ0v) is 21.5. The van der Waals surface area contributed by atoms with Crippen molar-refractivity contribution < 1.29 is 18.0 Å². The van der Waals surface area contributed by atoms with Gasteiger partial charge in [-0.1, -0.05) is 49.7 Å². The van der Waals surface area contributed by atoms with Crippen LogP contribution in [0.25, 0.3) is 0 Å². The van der Waals surface area contributed by atoms with Crippen LogP contribution in [0.2, 0.25) is 0 Å². The zero-order valence-electron chi connectivity index (χ0n) is 20.7. The number of benzene rings is 2. The molecule has 2 aromatic carbocycles. The second-order valence-corrected chi connectivity index (χ2v) is 11.5. The maximum Gasteiger partial charge on any atom is 0.315 e. The minimum absolute atomic E-state index is 0.0458. The molecule has 2 rings (SSSR count). The molecule has 0 fully saturated rings. The summed E-state index contributed by atoms with van der Waals surface area (Å²) in [5, 5.41) is 8.24. The maximum atomic E-state index is 13.0. The van der Waals surface area contributed by atoms with Crippen LogP contribution in [0.1, 0.15) is 52.2 Å². The first-order chi connectivity index (χ1) is 15.7. The van der Waals surface area contributed by atoms with Crippen molar-refractivity contribution in [2.75, 3.05) is 5.32 Å². The molecule has 8 nitrogen and oxygen atoms in total. The van der Waals surface area contributed by atoms with Crippen LogP contribution in [0.4, 0.5) is 10.5 Å².